The Kier molecular flexibility index (Phi) is 5.35. The van der Waals surface area contributed by atoms with Gasteiger partial charge in [-0.1, -0.05) is 48.5 Å². The van der Waals surface area contributed by atoms with Gasteiger partial charge in [-0.2, -0.15) is 0 Å². The summed E-state index contributed by atoms with van der Waals surface area (Å²) in [5.74, 6) is -0.205. The Morgan fingerprint density at radius 3 is 2.47 bits per heavy atom. The zero-order valence-corrected chi connectivity index (χ0v) is 17.8. The maximum Gasteiger partial charge on any atom is 0.255 e. The highest BCUT2D eigenvalue weighted by molar-refractivity contribution is 7.92. The maximum atomic E-state index is 12.9. The standard InChI is InChI=1S/C24H24N2O3S/c1-17-14-21-16-20(12-13-23(21)26(17)30(2,28)29)24(27)25-22-11-7-6-10-19(22)15-18-8-4-3-5-9-18/h3-13,16-17H,14-15H2,1-2H3,(H,25,27). The first-order valence-electron chi connectivity index (χ1n) is 9.88. The summed E-state index contributed by atoms with van der Waals surface area (Å²) in [5, 5.41) is 3.02. The van der Waals surface area contributed by atoms with Crippen LogP contribution < -0.4 is 9.62 Å². The summed E-state index contributed by atoms with van der Waals surface area (Å²) in [6.07, 6.45) is 2.53. The van der Waals surface area contributed by atoms with Crippen molar-refractivity contribution in [2.45, 2.75) is 25.8 Å². The highest BCUT2D eigenvalue weighted by Crippen LogP contribution is 2.35. The quantitative estimate of drug-likeness (QED) is 0.671. The van der Waals surface area contributed by atoms with Gasteiger partial charge in [-0.05, 0) is 60.7 Å². The van der Waals surface area contributed by atoms with Gasteiger partial charge in [0.15, 0.2) is 0 Å². The smallest absolute Gasteiger partial charge is 0.255 e. The molecule has 1 unspecified atom stereocenters. The molecule has 3 aromatic rings. The van der Waals surface area contributed by atoms with Crippen molar-refractivity contribution in [1.82, 2.24) is 0 Å². The minimum Gasteiger partial charge on any atom is -0.322 e. The number of amides is 1. The van der Waals surface area contributed by atoms with E-state index >= 15 is 0 Å². The highest BCUT2D eigenvalue weighted by Gasteiger charge is 2.32. The molecule has 1 aliphatic heterocycles. The predicted molar refractivity (Wildman–Crippen MR) is 121 cm³/mol. The van der Waals surface area contributed by atoms with Gasteiger partial charge in [0.2, 0.25) is 10.0 Å². The number of nitrogens with zero attached hydrogens (tertiary/aromatic N) is 1. The molecule has 0 spiro atoms. The van der Waals surface area contributed by atoms with Crippen molar-refractivity contribution in [1.29, 1.82) is 0 Å². The van der Waals surface area contributed by atoms with Gasteiger partial charge < -0.3 is 5.32 Å². The zero-order valence-electron chi connectivity index (χ0n) is 17.0. The number of carbonyl (C=O) groups is 1. The summed E-state index contributed by atoms with van der Waals surface area (Å²) in [4.78, 5) is 12.9. The highest BCUT2D eigenvalue weighted by atomic mass is 32.2. The molecule has 30 heavy (non-hydrogen) atoms. The summed E-state index contributed by atoms with van der Waals surface area (Å²) in [6, 6.07) is 22.9. The summed E-state index contributed by atoms with van der Waals surface area (Å²) in [7, 11) is -3.35. The number of nitrogens with one attached hydrogen (secondary N) is 1. The largest absolute Gasteiger partial charge is 0.322 e. The Bertz CT molecular complexity index is 1190. The fourth-order valence-corrected chi connectivity index (χ4v) is 5.32. The number of benzene rings is 3. The molecule has 5 nitrogen and oxygen atoms in total. The summed E-state index contributed by atoms with van der Waals surface area (Å²) >= 11 is 0. The maximum absolute atomic E-state index is 12.9. The molecule has 1 aliphatic rings. The van der Waals surface area contributed by atoms with Crippen LogP contribution in [-0.2, 0) is 22.9 Å². The van der Waals surface area contributed by atoms with Crippen molar-refractivity contribution in [2.24, 2.45) is 0 Å². The summed E-state index contributed by atoms with van der Waals surface area (Å²) in [6.45, 7) is 1.88. The third-order valence-corrected chi connectivity index (χ3v) is 6.63. The van der Waals surface area contributed by atoms with Gasteiger partial charge in [-0.3, -0.25) is 9.10 Å². The minimum absolute atomic E-state index is 0.153. The number of sulfonamides is 1. The Morgan fingerprint density at radius 1 is 1.03 bits per heavy atom. The molecule has 0 aromatic heterocycles. The van der Waals surface area contributed by atoms with E-state index in [-0.39, 0.29) is 11.9 Å². The Balaban J connectivity index is 1.57. The first-order valence-corrected chi connectivity index (χ1v) is 11.7. The van der Waals surface area contributed by atoms with Crippen molar-refractivity contribution < 1.29 is 13.2 Å². The van der Waals surface area contributed by atoms with E-state index in [1.807, 2.05) is 49.4 Å². The van der Waals surface area contributed by atoms with Crippen LogP contribution in [0.3, 0.4) is 0 Å². The lowest BCUT2D eigenvalue weighted by atomic mass is 10.0. The van der Waals surface area contributed by atoms with Gasteiger partial charge in [0.25, 0.3) is 5.91 Å². The van der Waals surface area contributed by atoms with E-state index in [0.29, 0.717) is 17.7 Å². The molecule has 154 valence electrons. The van der Waals surface area contributed by atoms with Gasteiger partial charge in [-0.15, -0.1) is 0 Å². The fourth-order valence-electron chi connectivity index (χ4n) is 4.06. The molecule has 0 aliphatic carbocycles. The molecular formula is C24H24N2O3S. The van der Waals surface area contributed by atoms with Gasteiger partial charge >= 0.3 is 0 Å². The van der Waals surface area contributed by atoms with Crippen molar-refractivity contribution in [3.05, 3.63) is 95.1 Å². The second-order valence-electron chi connectivity index (χ2n) is 7.73. The van der Waals surface area contributed by atoms with E-state index in [1.165, 1.54) is 16.1 Å². The van der Waals surface area contributed by atoms with Gasteiger partial charge in [0.1, 0.15) is 0 Å². The van der Waals surface area contributed by atoms with Gasteiger partial charge in [0, 0.05) is 17.3 Å². The van der Waals surface area contributed by atoms with Crippen LogP contribution in [0.25, 0.3) is 0 Å². The molecule has 0 radical (unpaired) electrons. The Morgan fingerprint density at radius 2 is 1.73 bits per heavy atom. The lowest BCUT2D eigenvalue weighted by molar-refractivity contribution is 0.102. The molecule has 0 fully saturated rings. The zero-order chi connectivity index (χ0) is 21.3. The molecule has 1 amide bonds. The van der Waals surface area contributed by atoms with Crippen LogP contribution in [0.1, 0.15) is 34.0 Å². The average Bonchev–Trinajstić information content (AvgIpc) is 3.05. The molecule has 6 heteroatoms. The lowest BCUT2D eigenvalue weighted by Crippen LogP contribution is -2.34. The van der Waals surface area contributed by atoms with Crippen LogP contribution in [-0.4, -0.2) is 26.6 Å². The average molecular weight is 421 g/mol. The van der Waals surface area contributed by atoms with Crippen LogP contribution in [0.2, 0.25) is 0 Å². The first-order chi connectivity index (χ1) is 14.3. The molecule has 1 heterocycles. The summed E-state index contributed by atoms with van der Waals surface area (Å²) in [5.41, 5.74) is 5.04. The van der Waals surface area contributed by atoms with E-state index in [1.54, 1.807) is 18.2 Å². The van der Waals surface area contributed by atoms with Crippen LogP contribution in [0.4, 0.5) is 11.4 Å². The molecule has 0 saturated heterocycles. The topological polar surface area (TPSA) is 66.5 Å². The number of hydrogen-bond donors (Lipinski definition) is 1. The van der Waals surface area contributed by atoms with E-state index in [9.17, 15) is 13.2 Å². The van der Waals surface area contributed by atoms with Crippen LogP contribution in [0.5, 0.6) is 0 Å². The molecule has 0 saturated carbocycles. The number of para-hydroxylation sites is 1. The third kappa shape index (κ3) is 4.09. The van der Waals surface area contributed by atoms with Crippen molar-refractivity contribution >= 4 is 27.3 Å². The lowest BCUT2D eigenvalue weighted by Gasteiger charge is -2.22. The number of fused-ring (bicyclic) bond motifs is 1. The molecular weight excluding hydrogens is 396 g/mol. The Labute approximate surface area is 177 Å². The van der Waals surface area contributed by atoms with Crippen molar-refractivity contribution in [3.63, 3.8) is 0 Å². The SMILES string of the molecule is CC1Cc2cc(C(=O)Nc3ccccc3Cc3ccccc3)ccc2N1S(C)(=O)=O. The second kappa shape index (κ2) is 7.95. The van der Waals surface area contributed by atoms with E-state index in [4.69, 9.17) is 0 Å². The minimum atomic E-state index is -3.35. The fraction of sp³-hybridized carbons (Fsp3) is 0.208. The molecule has 3 aromatic carbocycles. The second-order valence-corrected chi connectivity index (χ2v) is 9.59. The van der Waals surface area contributed by atoms with E-state index in [0.717, 1.165) is 23.2 Å². The molecule has 0 bridgehead atoms. The normalized spacial score (nSPS) is 15.7. The van der Waals surface area contributed by atoms with Gasteiger partial charge in [0.05, 0.1) is 11.9 Å². The number of hydrogen-bond acceptors (Lipinski definition) is 3. The van der Waals surface area contributed by atoms with E-state index < -0.39 is 10.0 Å². The first kappa shape index (κ1) is 20.2. The number of rotatable bonds is 5. The Hall–Kier alpha value is -3.12. The van der Waals surface area contributed by atoms with Crippen LogP contribution in [0, 0.1) is 0 Å². The van der Waals surface area contributed by atoms with E-state index in [2.05, 4.69) is 17.4 Å². The monoisotopic (exact) mass is 420 g/mol. The van der Waals surface area contributed by atoms with Crippen molar-refractivity contribution in [3.8, 4) is 0 Å². The number of carbonyl (C=O) groups excluding carboxylic acids is 1. The predicted octanol–water partition coefficient (Wildman–Crippen LogP) is 4.24. The third-order valence-electron chi connectivity index (χ3n) is 5.36. The number of anilines is 2. The molecule has 1 N–H and O–H groups in total. The van der Waals surface area contributed by atoms with Crippen molar-refractivity contribution in [2.75, 3.05) is 15.9 Å². The van der Waals surface area contributed by atoms with Crippen LogP contribution in [0.15, 0.2) is 72.8 Å². The summed E-state index contributed by atoms with van der Waals surface area (Å²) < 4.78 is 25.6. The van der Waals surface area contributed by atoms with Crippen LogP contribution >= 0.6 is 0 Å². The molecule has 1 atom stereocenters. The molecule has 4 rings (SSSR count). The van der Waals surface area contributed by atoms with Gasteiger partial charge in [-0.25, -0.2) is 8.42 Å².